The highest BCUT2D eigenvalue weighted by molar-refractivity contribution is 5.71. The molecule has 0 amide bonds. The van der Waals surface area contributed by atoms with Crippen molar-refractivity contribution in [2.24, 2.45) is 0 Å². The number of hydrogen-bond acceptors (Lipinski definition) is 2. The molecule has 0 bridgehead atoms. The van der Waals surface area contributed by atoms with Crippen molar-refractivity contribution in [3.05, 3.63) is 0 Å². The van der Waals surface area contributed by atoms with Crippen LogP contribution in [0.5, 0.6) is 0 Å². The smallest absolute Gasteiger partial charge is 0.356 e. The maximum atomic E-state index is 12.6. The number of carbonyl (C=O) groups is 1. The summed E-state index contributed by atoms with van der Waals surface area (Å²) >= 11 is 0. The van der Waals surface area contributed by atoms with Crippen LogP contribution in [-0.2, 0) is 4.79 Å². The molecule has 0 aliphatic heterocycles. The quantitative estimate of drug-likeness (QED) is 0.503. The second-order valence-corrected chi connectivity index (χ2v) is 2.60. The van der Waals surface area contributed by atoms with Gasteiger partial charge in [0.15, 0.2) is 0 Å². The van der Waals surface area contributed by atoms with E-state index in [0.717, 1.165) is 6.42 Å². The molecular formula is C6H9F2NO2. The molecule has 0 saturated heterocycles. The maximum Gasteiger partial charge on any atom is 0.356 e. The van der Waals surface area contributed by atoms with Crippen LogP contribution in [0.25, 0.3) is 0 Å². The predicted octanol–water partition coefficient (Wildman–Crippen LogP) is 1.11. The van der Waals surface area contributed by atoms with Crippen molar-refractivity contribution in [3.8, 4) is 0 Å². The highest BCUT2D eigenvalue weighted by atomic mass is 19.2. The minimum atomic E-state index is -2.50. The summed E-state index contributed by atoms with van der Waals surface area (Å²) < 4.78 is 24.9. The van der Waals surface area contributed by atoms with Gasteiger partial charge in [0.05, 0.1) is 0 Å². The van der Waals surface area contributed by atoms with Gasteiger partial charge in [0.25, 0.3) is 6.30 Å². The normalized spacial score (nSPS) is 21.4. The van der Waals surface area contributed by atoms with Gasteiger partial charge in [-0.15, -0.1) is 4.48 Å². The molecule has 1 saturated carbocycles. The van der Waals surface area contributed by atoms with Crippen LogP contribution in [0.15, 0.2) is 0 Å². The number of halogens is 2. The lowest BCUT2D eigenvalue weighted by atomic mass is 9.93. The lowest BCUT2D eigenvalue weighted by Crippen LogP contribution is -2.42. The Balaban J connectivity index is 2.38. The Labute approximate surface area is 62.5 Å². The molecule has 5 heteroatoms. The first-order valence-electron chi connectivity index (χ1n) is 3.44. The molecule has 0 spiro atoms. The van der Waals surface area contributed by atoms with E-state index < -0.39 is 18.3 Å². The van der Waals surface area contributed by atoms with Gasteiger partial charge in [-0.05, 0) is 12.8 Å². The zero-order valence-corrected chi connectivity index (χ0v) is 5.83. The molecule has 1 aliphatic carbocycles. The zero-order valence-electron chi connectivity index (χ0n) is 5.83. The van der Waals surface area contributed by atoms with Crippen LogP contribution in [0.1, 0.15) is 19.3 Å². The second-order valence-electron chi connectivity index (χ2n) is 2.60. The first kappa shape index (κ1) is 8.39. The van der Waals surface area contributed by atoms with Crippen LogP contribution in [0, 0.1) is 0 Å². The molecule has 11 heavy (non-hydrogen) atoms. The Bertz CT molecular complexity index is 161. The standard InChI is InChI=1S/C6H9F2NO2/c7-5(6(10)11)9(8)4-2-1-3-4/h4-5H,1-3H2,(H,10,11). The molecule has 0 radical (unpaired) electrons. The molecule has 1 aliphatic rings. The minimum Gasteiger partial charge on any atom is -0.478 e. The monoisotopic (exact) mass is 165 g/mol. The van der Waals surface area contributed by atoms with E-state index in [2.05, 4.69) is 0 Å². The Kier molecular flexibility index (Phi) is 2.38. The largest absolute Gasteiger partial charge is 0.478 e. The molecule has 0 heterocycles. The third-order valence-corrected chi connectivity index (χ3v) is 1.84. The number of carboxylic acids is 1. The van der Waals surface area contributed by atoms with Crippen molar-refractivity contribution in [2.45, 2.75) is 31.6 Å². The molecule has 1 N–H and O–H groups in total. The fourth-order valence-corrected chi connectivity index (χ4v) is 0.924. The summed E-state index contributed by atoms with van der Waals surface area (Å²) in [6, 6.07) is -0.527. The van der Waals surface area contributed by atoms with E-state index in [4.69, 9.17) is 5.11 Å². The first-order valence-corrected chi connectivity index (χ1v) is 3.44. The van der Waals surface area contributed by atoms with Crippen molar-refractivity contribution in [1.82, 2.24) is 5.12 Å². The highest BCUT2D eigenvalue weighted by Gasteiger charge is 2.34. The highest BCUT2D eigenvalue weighted by Crippen LogP contribution is 2.26. The van der Waals surface area contributed by atoms with Gasteiger partial charge in [0.1, 0.15) is 0 Å². The molecule has 1 unspecified atom stereocenters. The van der Waals surface area contributed by atoms with E-state index in [-0.39, 0.29) is 5.12 Å². The molecule has 1 fully saturated rings. The van der Waals surface area contributed by atoms with Crippen molar-refractivity contribution < 1.29 is 18.8 Å². The van der Waals surface area contributed by atoms with Crippen molar-refractivity contribution in [1.29, 1.82) is 0 Å². The molecule has 3 nitrogen and oxygen atoms in total. The number of hydrogen-bond donors (Lipinski definition) is 1. The SMILES string of the molecule is O=C(O)C(F)N(F)C1CCC1. The summed E-state index contributed by atoms with van der Waals surface area (Å²) in [6.07, 6.45) is -0.563. The molecule has 0 aromatic heterocycles. The summed E-state index contributed by atoms with van der Waals surface area (Å²) in [6.45, 7) is 0. The maximum absolute atomic E-state index is 12.6. The van der Waals surface area contributed by atoms with Crippen LogP contribution in [0.2, 0.25) is 0 Å². The lowest BCUT2D eigenvalue weighted by Gasteiger charge is -2.30. The molecule has 0 aromatic carbocycles. The number of alkyl halides is 1. The molecular weight excluding hydrogens is 156 g/mol. The summed E-state index contributed by atoms with van der Waals surface area (Å²) in [5.41, 5.74) is 0. The predicted molar refractivity (Wildman–Crippen MR) is 33.1 cm³/mol. The molecule has 1 rings (SSSR count). The van der Waals surface area contributed by atoms with Gasteiger partial charge < -0.3 is 5.11 Å². The lowest BCUT2D eigenvalue weighted by molar-refractivity contribution is -0.178. The van der Waals surface area contributed by atoms with Crippen LogP contribution in [0.3, 0.4) is 0 Å². The average molecular weight is 165 g/mol. The van der Waals surface area contributed by atoms with Crippen LogP contribution >= 0.6 is 0 Å². The summed E-state index contributed by atoms with van der Waals surface area (Å²) in [7, 11) is 0. The molecule has 1 atom stereocenters. The van der Waals surface area contributed by atoms with Gasteiger partial charge in [-0.25, -0.2) is 9.18 Å². The van der Waals surface area contributed by atoms with Gasteiger partial charge in [0.2, 0.25) is 0 Å². The Morgan fingerprint density at radius 2 is 2.18 bits per heavy atom. The fourth-order valence-electron chi connectivity index (χ4n) is 0.924. The van der Waals surface area contributed by atoms with Crippen LogP contribution in [-0.4, -0.2) is 28.5 Å². The van der Waals surface area contributed by atoms with Gasteiger partial charge >= 0.3 is 5.97 Å². The average Bonchev–Trinajstić information content (AvgIpc) is 1.82. The van der Waals surface area contributed by atoms with Crippen LogP contribution in [0.4, 0.5) is 8.87 Å². The zero-order chi connectivity index (χ0) is 8.43. The Morgan fingerprint density at radius 1 is 1.64 bits per heavy atom. The van der Waals surface area contributed by atoms with E-state index in [0.29, 0.717) is 12.8 Å². The van der Waals surface area contributed by atoms with E-state index in [9.17, 15) is 13.7 Å². The minimum absolute atomic E-state index is 0.216. The molecule has 64 valence electrons. The number of carboxylic acid groups (broad SMARTS) is 1. The Hall–Kier alpha value is -0.710. The summed E-state index contributed by atoms with van der Waals surface area (Å²) in [4.78, 5) is 9.93. The number of aliphatic carboxylic acids is 1. The summed E-state index contributed by atoms with van der Waals surface area (Å²) in [5, 5.41) is 7.85. The van der Waals surface area contributed by atoms with Gasteiger partial charge in [-0.1, -0.05) is 11.5 Å². The van der Waals surface area contributed by atoms with Crippen molar-refractivity contribution in [3.63, 3.8) is 0 Å². The van der Waals surface area contributed by atoms with E-state index in [1.807, 2.05) is 0 Å². The third-order valence-electron chi connectivity index (χ3n) is 1.84. The van der Waals surface area contributed by atoms with Crippen molar-refractivity contribution in [2.75, 3.05) is 0 Å². The Morgan fingerprint density at radius 3 is 2.45 bits per heavy atom. The van der Waals surface area contributed by atoms with E-state index in [1.54, 1.807) is 0 Å². The van der Waals surface area contributed by atoms with Crippen molar-refractivity contribution >= 4 is 5.97 Å². The fraction of sp³-hybridized carbons (Fsp3) is 0.833. The van der Waals surface area contributed by atoms with E-state index >= 15 is 0 Å². The third kappa shape index (κ3) is 1.65. The first-order chi connectivity index (χ1) is 5.13. The van der Waals surface area contributed by atoms with Gasteiger partial charge in [-0.2, -0.15) is 0 Å². The number of nitrogens with zero attached hydrogens (tertiary/aromatic N) is 1. The summed E-state index contributed by atoms with van der Waals surface area (Å²) in [5.74, 6) is -1.76. The van der Waals surface area contributed by atoms with Crippen LogP contribution < -0.4 is 0 Å². The topological polar surface area (TPSA) is 40.5 Å². The molecule has 0 aromatic rings. The van der Waals surface area contributed by atoms with Gasteiger partial charge in [-0.3, -0.25) is 0 Å². The van der Waals surface area contributed by atoms with E-state index in [1.165, 1.54) is 0 Å². The number of rotatable bonds is 3. The van der Waals surface area contributed by atoms with Gasteiger partial charge in [0, 0.05) is 6.04 Å². The second kappa shape index (κ2) is 3.13.